The van der Waals surface area contributed by atoms with E-state index in [1.807, 2.05) is 0 Å². The van der Waals surface area contributed by atoms with Crippen LogP contribution in [0.4, 0.5) is 0 Å². The average Bonchev–Trinajstić information content (AvgIpc) is 2.38. The summed E-state index contributed by atoms with van der Waals surface area (Å²) < 4.78 is 5.80. The van der Waals surface area contributed by atoms with Gasteiger partial charge in [-0.05, 0) is 62.9 Å². The number of piperidine rings is 1. The monoisotopic (exact) mass is 247 g/mol. The molecule has 2 unspecified atom stereocenters. The van der Waals surface area contributed by atoms with Crippen molar-refractivity contribution in [3.63, 3.8) is 0 Å². The third-order valence-corrected chi connectivity index (χ3v) is 3.79. The Balaban J connectivity index is 2.15. The lowest BCUT2D eigenvalue weighted by molar-refractivity contribution is 0.241. The van der Waals surface area contributed by atoms with Crippen molar-refractivity contribution in [2.45, 2.75) is 45.6 Å². The number of benzene rings is 1. The third kappa shape index (κ3) is 3.26. The van der Waals surface area contributed by atoms with Crippen LogP contribution in [-0.2, 0) is 0 Å². The van der Waals surface area contributed by atoms with Gasteiger partial charge >= 0.3 is 0 Å². The van der Waals surface area contributed by atoms with Crippen LogP contribution in [0, 0.1) is 5.92 Å². The Bertz CT molecular complexity index is 375. The highest BCUT2D eigenvalue weighted by molar-refractivity contribution is 5.31. The molecule has 1 heterocycles. The summed E-state index contributed by atoms with van der Waals surface area (Å²) in [6, 6.07) is 8.68. The first-order valence-corrected chi connectivity index (χ1v) is 7.18. The number of hydrogen-bond donors (Lipinski definition) is 1. The van der Waals surface area contributed by atoms with Crippen molar-refractivity contribution in [1.29, 1.82) is 0 Å². The van der Waals surface area contributed by atoms with Gasteiger partial charge < -0.3 is 10.1 Å². The van der Waals surface area contributed by atoms with Gasteiger partial charge in [-0.3, -0.25) is 0 Å². The van der Waals surface area contributed by atoms with Gasteiger partial charge in [0.1, 0.15) is 5.75 Å². The molecule has 18 heavy (non-hydrogen) atoms. The van der Waals surface area contributed by atoms with Gasteiger partial charge in [0.15, 0.2) is 0 Å². The molecule has 100 valence electrons. The van der Waals surface area contributed by atoms with Gasteiger partial charge in [-0.15, -0.1) is 0 Å². The summed E-state index contributed by atoms with van der Waals surface area (Å²) in [7, 11) is 0. The van der Waals surface area contributed by atoms with E-state index < -0.39 is 0 Å². The highest BCUT2D eigenvalue weighted by Gasteiger charge is 2.25. The van der Waals surface area contributed by atoms with E-state index in [-0.39, 0.29) is 6.10 Å². The van der Waals surface area contributed by atoms with Crippen LogP contribution >= 0.6 is 0 Å². The number of nitrogens with one attached hydrogen (secondary N) is 1. The summed E-state index contributed by atoms with van der Waals surface area (Å²) >= 11 is 0. The number of hydrogen-bond acceptors (Lipinski definition) is 2. The Hall–Kier alpha value is -1.02. The van der Waals surface area contributed by atoms with Gasteiger partial charge in [-0.2, -0.15) is 0 Å². The SMILES string of the molecule is CCC1CNCCC1c1cccc(OC(C)C)c1. The molecule has 2 heteroatoms. The molecule has 1 aromatic carbocycles. The van der Waals surface area contributed by atoms with Gasteiger partial charge in [0.2, 0.25) is 0 Å². The van der Waals surface area contributed by atoms with E-state index in [9.17, 15) is 0 Å². The van der Waals surface area contributed by atoms with E-state index in [4.69, 9.17) is 4.74 Å². The zero-order chi connectivity index (χ0) is 13.0. The van der Waals surface area contributed by atoms with Gasteiger partial charge in [-0.1, -0.05) is 25.5 Å². The minimum Gasteiger partial charge on any atom is -0.491 e. The van der Waals surface area contributed by atoms with Gasteiger partial charge in [0.25, 0.3) is 0 Å². The number of rotatable bonds is 4. The first-order chi connectivity index (χ1) is 8.70. The fraction of sp³-hybridized carbons (Fsp3) is 0.625. The number of ether oxygens (including phenoxy) is 1. The Morgan fingerprint density at radius 1 is 1.39 bits per heavy atom. The van der Waals surface area contributed by atoms with Crippen LogP contribution in [0.1, 0.15) is 45.1 Å². The van der Waals surface area contributed by atoms with Crippen LogP contribution in [-0.4, -0.2) is 19.2 Å². The molecule has 1 fully saturated rings. The predicted molar refractivity (Wildman–Crippen MR) is 76.2 cm³/mol. The van der Waals surface area contributed by atoms with Crippen molar-refractivity contribution >= 4 is 0 Å². The molecule has 1 aliphatic heterocycles. The van der Waals surface area contributed by atoms with Crippen LogP contribution in [0.25, 0.3) is 0 Å². The Labute approximate surface area is 111 Å². The molecule has 1 N–H and O–H groups in total. The molecular weight excluding hydrogens is 222 g/mol. The Morgan fingerprint density at radius 3 is 2.94 bits per heavy atom. The third-order valence-electron chi connectivity index (χ3n) is 3.79. The lowest BCUT2D eigenvalue weighted by Gasteiger charge is -2.32. The van der Waals surface area contributed by atoms with Gasteiger partial charge in [0, 0.05) is 0 Å². The first kappa shape index (κ1) is 13.4. The van der Waals surface area contributed by atoms with Gasteiger partial charge in [0.05, 0.1) is 6.10 Å². The molecule has 0 amide bonds. The molecule has 2 rings (SSSR count). The fourth-order valence-electron chi connectivity index (χ4n) is 2.88. The van der Waals surface area contributed by atoms with Crippen molar-refractivity contribution in [3.8, 4) is 5.75 Å². The topological polar surface area (TPSA) is 21.3 Å². The highest BCUT2D eigenvalue weighted by atomic mass is 16.5. The lowest BCUT2D eigenvalue weighted by Crippen LogP contribution is -2.35. The normalized spacial score (nSPS) is 24.2. The molecule has 1 aliphatic rings. The second-order valence-corrected chi connectivity index (χ2v) is 5.51. The van der Waals surface area contributed by atoms with Crippen LogP contribution in [0.5, 0.6) is 5.75 Å². The second-order valence-electron chi connectivity index (χ2n) is 5.51. The maximum absolute atomic E-state index is 5.80. The quantitative estimate of drug-likeness (QED) is 0.878. The minimum atomic E-state index is 0.246. The Morgan fingerprint density at radius 2 is 2.22 bits per heavy atom. The van der Waals surface area contributed by atoms with E-state index in [0.29, 0.717) is 5.92 Å². The van der Waals surface area contributed by atoms with Crippen LogP contribution in [0.2, 0.25) is 0 Å². The molecule has 1 aromatic rings. The van der Waals surface area contributed by atoms with Crippen molar-refractivity contribution in [2.75, 3.05) is 13.1 Å². The predicted octanol–water partition coefficient (Wildman–Crippen LogP) is 3.58. The minimum absolute atomic E-state index is 0.246. The maximum Gasteiger partial charge on any atom is 0.119 e. The summed E-state index contributed by atoms with van der Waals surface area (Å²) in [5.41, 5.74) is 1.45. The summed E-state index contributed by atoms with van der Waals surface area (Å²) in [4.78, 5) is 0. The van der Waals surface area contributed by atoms with E-state index in [1.54, 1.807) is 0 Å². The smallest absolute Gasteiger partial charge is 0.119 e. The van der Waals surface area contributed by atoms with E-state index in [1.165, 1.54) is 18.4 Å². The van der Waals surface area contributed by atoms with Crippen molar-refractivity contribution in [3.05, 3.63) is 29.8 Å². The molecule has 0 saturated carbocycles. The van der Waals surface area contributed by atoms with Crippen molar-refractivity contribution in [1.82, 2.24) is 5.32 Å². The molecule has 0 aromatic heterocycles. The zero-order valence-corrected chi connectivity index (χ0v) is 11.8. The van der Waals surface area contributed by atoms with Crippen LogP contribution in [0.3, 0.4) is 0 Å². The average molecular weight is 247 g/mol. The zero-order valence-electron chi connectivity index (χ0n) is 11.8. The van der Waals surface area contributed by atoms with Crippen LogP contribution < -0.4 is 10.1 Å². The largest absolute Gasteiger partial charge is 0.491 e. The molecule has 0 radical (unpaired) electrons. The van der Waals surface area contributed by atoms with E-state index in [2.05, 4.69) is 50.4 Å². The van der Waals surface area contributed by atoms with E-state index in [0.717, 1.165) is 24.8 Å². The molecule has 0 aliphatic carbocycles. The molecule has 1 saturated heterocycles. The summed E-state index contributed by atoms with van der Waals surface area (Å²) in [5.74, 6) is 2.45. The Kier molecular flexibility index (Phi) is 4.65. The first-order valence-electron chi connectivity index (χ1n) is 7.18. The molecule has 0 bridgehead atoms. The molecule has 2 atom stereocenters. The summed E-state index contributed by atoms with van der Waals surface area (Å²) in [6.45, 7) is 8.73. The second kappa shape index (κ2) is 6.24. The lowest BCUT2D eigenvalue weighted by atomic mass is 9.80. The van der Waals surface area contributed by atoms with E-state index >= 15 is 0 Å². The standard InChI is InChI=1S/C16H25NO/c1-4-13-11-17-9-8-16(13)14-6-5-7-15(10-14)18-12(2)3/h5-7,10,12-13,16-17H,4,8-9,11H2,1-3H3. The fourth-order valence-corrected chi connectivity index (χ4v) is 2.88. The van der Waals surface area contributed by atoms with Crippen molar-refractivity contribution < 1.29 is 4.74 Å². The van der Waals surface area contributed by atoms with Crippen LogP contribution in [0.15, 0.2) is 24.3 Å². The maximum atomic E-state index is 5.80. The summed E-state index contributed by atoms with van der Waals surface area (Å²) in [6.07, 6.45) is 2.73. The molecular formula is C16H25NO. The molecule has 0 spiro atoms. The molecule has 2 nitrogen and oxygen atoms in total. The van der Waals surface area contributed by atoms with Gasteiger partial charge in [-0.25, -0.2) is 0 Å². The van der Waals surface area contributed by atoms with Crippen molar-refractivity contribution in [2.24, 2.45) is 5.92 Å². The summed E-state index contributed by atoms with van der Waals surface area (Å²) in [5, 5.41) is 3.50. The highest BCUT2D eigenvalue weighted by Crippen LogP contribution is 2.33.